The smallest absolute Gasteiger partial charge is 0.339 e. The van der Waals surface area contributed by atoms with Crippen molar-refractivity contribution in [1.29, 1.82) is 0 Å². The minimum absolute atomic E-state index is 0.0435. The molecular weight excluding hydrogens is 308 g/mol. The molecule has 23 heavy (non-hydrogen) atoms. The third-order valence-electron chi connectivity index (χ3n) is 4.11. The van der Waals surface area contributed by atoms with E-state index < -0.39 is 19.9 Å². The first-order chi connectivity index (χ1) is 10.2. The summed E-state index contributed by atoms with van der Waals surface area (Å²) in [4.78, 5) is 12.4. The topological polar surface area (TPSA) is 55.8 Å². The van der Waals surface area contributed by atoms with Gasteiger partial charge in [-0.2, -0.15) is 0 Å². The summed E-state index contributed by atoms with van der Waals surface area (Å²) >= 11 is 0. The van der Waals surface area contributed by atoms with Gasteiger partial charge >= 0.3 is 5.97 Å². The summed E-state index contributed by atoms with van der Waals surface area (Å²) < 4.78 is 11.6. The molecule has 0 saturated carbocycles. The molecule has 1 aromatic rings. The van der Waals surface area contributed by atoms with Crippen LogP contribution in [0, 0.1) is 0 Å². The van der Waals surface area contributed by atoms with Crippen molar-refractivity contribution in [2.24, 2.45) is 0 Å². The Labute approximate surface area is 140 Å². The number of hydrogen-bond acceptors (Lipinski definition) is 4. The maximum absolute atomic E-state index is 12.4. The highest BCUT2D eigenvalue weighted by molar-refractivity contribution is 6.74. The van der Waals surface area contributed by atoms with E-state index >= 15 is 0 Å². The van der Waals surface area contributed by atoms with Crippen LogP contribution in [0.2, 0.25) is 18.1 Å². The highest BCUT2D eigenvalue weighted by Gasteiger charge is 2.37. The molecule has 0 unspecified atom stereocenters. The Morgan fingerprint density at radius 2 is 1.70 bits per heavy atom. The number of rotatable bonds is 4. The molecule has 0 radical (unpaired) electrons. The molecule has 0 heterocycles. The van der Waals surface area contributed by atoms with Crippen molar-refractivity contribution in [1.82, 2.24) is 0 Å². The van der Waals surface area contributed by atoms with Crippen molar-refractivity contribution in [3.8, 4) is 5.75 Å². The van der Waals surface area contributed by atoms with Crippen molar-refractivity contribution in [3.63, 3.8) is 0 Å². The lowest BCUT2D eigenvalue weighted by molar-refractivity contribution is 0.00663. The molecule has 0 fully saturated rings. The molecule has 0 aliphatic carbocycles. The fourth-order valence-corrected chi connectivity index (χ4v) is 2.64. The van der Waals surface area contributed by atoms with E-state index in [1.54, 1.807) is 12.1 Å². The number of carbonyl (C=O) groups excluding carboxylic acids is 1. The zero-order valence-corrected chi connectivity index (χ0v) is 16.6. The van der Waals surface area contributed by atoms with Gasteiger partial charge in [-0.15, -0.1) is 0 Å². The van der Waals surface area contributed by atoms with Gasteiger partial charge in [0.2, 0.25) is 0 Å². The van der Waals surface area contributed by atoms with Crippen molar-refractivity contribution in [2.45, 2.75) is 71.9 Å². The minimum atomic E-state index is -1.92. The number of phenols is 1. The summed E-state index contributed by atoms with van der Waals surface area (Å²) in [6.45, 7) is 16.6. The molecular formula is C18H30O4Si. The van der Waals surface area contributed by atoms with Gasteiger partial charge in [-0.25, -0.2) is 4.79 Å². The van der Waals surface area contributed by atoms with Crippen LogP contribution in [-0.2, 0) is 15.8 Å². The first-order valence-corrected chi connectivity index (χ1v) is 10.8. The lowest BCUT2D eigenvalue weighted by Gasteiger charge is -2.36. The lowest BCUT2D eigenvalue weighted by atomic mass is 10.1. The van der Waals surface area contributed by atoms with E-state index in [2.05, 4.69) is 33.9 Å². The number of ether oxygens (including phenoxy) is 1. The van der Waals surface area contributed by atoms with Gasteiger partial charge in [-0.3, -0.25) is 0 Å². The number of benzene rings is 1. The molecule has 0 atom stereocenters. The summed E-state index contributed by atoms with van der Waals surface area (Å²) in [5.41, 5.74) is 0.514. The van der Waals surface area contributed by atoms with E-state index in [9.17, 15) is 9.90 Å². The van der Waals surface area contributed by atoms with Gasteiger partial charge in [-0.05, 0) is 56.6 Å². The first-order valence-electron chi connectivity index (χ1n) is 7.92. The Kier molecular flexibility index (Phi) is 5.70. The lowest BCUT2D eigenvalue weighted by Crippen LogP contribution is -2.40. The second-order valence-electron chi connectivity index (χ2n) is 8.39. The highest BCUT2D eigenvalue weighted by Crippen LogP contribution is 2.37. The average Bonchev–Trinajstić information content (AvgIpc) is 2.33. The van der Waals surface area contributed by atoms with Crippen LogP contribution in [0.15, 0.2) is 18.2 Å². The molecule has 0 aromatic heterocycles. The molecule has 0 saturated heterocycles. The number of phenolic OH excluding ortho intramolecular Hbond substituents is 1. The molecule has 4 nitrogen and oxygen atoms in total. The number of aromatic hydroxyl groups is 1. The molecule has 5 heteroatoms. The van der Waals surface area contributed by atoms with Crippen molar-refractivity contribution < 1.29 is 19.1 Å². The fraction of sp³-hybridized carbons (Fsp3) is 0.611. The predicted octanol–water partition coefficient (Wildman–Crippen LogP) is 4.87. The predicted molar refractivity (Wildman–Crippen MR) is 95.3 cm³/mol. The SMILES string of the molecule is CC(C)(C)OC(=O)c1cc(O)ccc1CO[Si](C)(C)C(C)(C)C. The monoisotopic (exact) mass is 338 g/mol. The summed E-state index contributed by atoms with van der Waals surface area (Å²) in [6.07, 6.45) is 0. The molecule has 1 N–H and O–H groups in total. The van der Waals surface area contributed by atoms with E-state index in [0.29, 0.717) is 12.2 Å². The summed E-state index contributed by atoms with van der Waals surface area (Å²) in [5, 5.41) is 9.80. The van der Waals surface area contributed by atoms with Gasteiger partial charge in [0, 0.05) is 0 Å². The van der Waals surface area contributed by atoms with Crippen LogP contribution in [-0.4, -0.2) is 25.0 Å². The van der Waals surface area contributed by atoms with Crippen LogP contribution in [0.5, 0.6) is 5.75 Å². The van der Waals surface area contributed by atoms with Crippen LogP contribution in [0.1, 0.15) is 57.5 Å². The Bertz CT molecular complexity index is 565. The molecule has 0 bridgehead atoms. The van der Waals surface area contributed by atoms with Gasteiger partial charge in [0.05, 0.1) is 12.2 Å². The van der Waals surface area contributed by atoms with Crippen LogP contribution >= 0.6 is 0 Å². The summed E-state index contributed by atoms with van der Waals surface area (Å²) in [5.74, 6) is -0.399. The fourth-order valence-electron chi connectivity index (χ4n) is 1.69. The van der Waals surface area contributed by atoms with Crippen molar-refractivity contribution in [3.05, 3.63) is 29.3 Å². The molecule has 1 rings (SSSR count). The Morgan fingerprint density at radius 3 is 2.17 bits per heavy atom. The van der Waals surface area contributed by atoms with E-state index in [1.165, 1.54) is 6.07 Å². The van der Waals surface area contributed by atoms with Crippen LogP contribution in [0.3, 0.4) is 0 Å². The Morgan fingerprint density at radius 1 is 1.13 bits per heavy atom. The van der Waals surface area contributed by atoms with E-state index in [-0.39, 0.29) is 10.8 Å². The van der Waals surface area contributed by atoms with Gasteiger partial charge in [0.15, 0.2) is 8.32 Å². The van der Waals surface area contributed by atoms with Gasteiger partial charge < -0.3 is 14.3 Å². The van der Waals surface area contributed by atoms with Crippen LogP contribution in [0.25, 0.3) is 0 Å². The summed E-state index contributed by atoms with van der Waals surface area (Å²) in [7, 11) is -1.92. The van der Waals surface area contributed by atoms with E-state index in [1.807, 2.05) is 20.8 Å². The first kappa shape index (κ1) is 19.7. The van der Waals surface area contributed by atoms with Crippen molar-refractivity contribution in [2.75, 3.05) is 0 Å². The minimum Gasteiger partial charge on any atom is -0.508 e. The second kappa shape index (κ2) is 6.65. The molecule has 0 aliphatic heterocycles. The molecule has 130 valence electrons. The molecule has 0 spiro atoms. The van der Waals surface area contributed by atoms with Gasteiger partial charge in [-0.1, -0.05) is 26.8 Å². The summed E-state index contributed by atoms with van der Waals surface area (Å²) in [6, 6.07) is 4.73. The third kappa shape index (κ3) is 5.66. The number of esters is 1. The average molecular weight is 339 g/mol. The zero-order valence-electron chi connectivity index (χ0n) is 15.6. The number of hydrogen-bond donors (Lipinski definition) is 1. The Balaban J connectivity index is 3.02. The van der Waals surface area contributed by atoms with Crippen LogP contribution in [0.4, 0.5) is 0 Å². The maximum Gasteiger partial charge on any atom is 0.339 e. The van der Waals surface area contributed by atoms with E-state index in [0.717, 1.165) is 5.56 Å². The maximum atomic E-state index is 12.4. The van der Waals surface area contributed by atoms with Crippen LogP contribution < -0.4 is 0 Å². The van der Waals surface area contributed by atoms with Crippen molar-refractivity contribution >= 4 is 14.3 Å². The number of carbonyl (C=O) groups is 1. The second-order valence-corrected chi connectivity index (χ2v) is 13.2. The quantitative estimate of drug-likeness (QED) is 0.628. The largest absolute Gasteiger partial charge is 0.508 e. The zero-order chi connectivity index (χ0) is 18.1. The van der Waals surface area contributed by atoms with Gasteiger partial charge in [0.25, 0.3) is 0 Å². The normalized spacial score (nSPS) is 13.0. The highest BCUT2D eigenvalue weighted by atomic mass is 28.4. The molecule has 0 amide bonds. The Hall–Kier alpha value is -1.33. The standard InChI is InChI=1S/C18H30O4Si/c1-17(2,3)22-16(20)15-11-14(19)10-9-13(15)12-21-23(7,8)18(4,5)6/h9-11,19H,12H2,1-8H3. The molecule has 0 aliphatic rings. The molecule has 1 aromatic carbocycles. The third-order valence-corrected chi connectivity index (χ3v) is 8.59. The van der Waals surface area contributed by atoms with Gasteiger partial charge in [0.1, 0.15) is 11.4 Å². The van der Waals surface area contributed by atoms with E-state index in [4.69, 9.17) is 9.16 Å².